The summed E-state index contributed by atoms with van der Waals surface area (Å²) in [7, 11) is 0. The topological polar surface area (TPSA) is 36.0 Å². The molecule has 0 aliphatic heterocycles. The number of para-hydroxylation sites is 1. The zero-order chi connectivity index (χ0) is 22.0. The number of H-pyrrole nitrogens is 1. The second kappa shape index (κ2) is 8.33. The van der Waals surface area contributed by atoms with Crippen molar-refractivity contribution >= 4 is 23.1 Å². The molecule has 0 saturated heterocycles. The Hall–Kier alpha value is -3.88. The number of aliphatic hydroxyl groups is 1. The van der Waals surface area contributed by atoms with Gasteiger partial charge in [0.1, 0.15) is 0 Å². The summed E-state index contributed by atoms with van der Waals surface area (Å²) in [6.07, 6.45) is 4.25. The highest BCUT2D eigenvalue weighted by molar-refractivity contribution is 5.94. The van der Waals surface area contributed by atoms with E-state index in [4.69, 9.17) is 0 Å². The molecule has 0 aliphatic rings. The van der Waals surface area contributed by atoms with Crippen LogP contribution in [0.3, 0.4) is 0 Å². The molecule has 156 valence electrons. The SMILES string of the molecule is Cc1ccccc1/C=C/c1c(C(O)(c2ccccc2)c2ccccc2)[nH]c2ccccc12. The van der Waals surface area contributed by atoms with Crippen molar-refractivity contribution < 1.29 is 5.11 Å². The normalized spacial score (nSPS) is 11.9. The van der Waals surface area contributed by atoms with Crippen LogP contribution >= 0.6 is 0 Å². The molecule has 0 radical (unpaired) electrons. The molecular formula is C30H25NO. The van der Waals surface area contributed by atoms with Gasteiger partial charge >= 0.3 is 0 Å². The van der Waals surface area contributed by atoms with Crippen molar-refractivity contribution in [1.29, 1.82) is 0 Å². The molecule has 0 spiro atoms. The fourth-order valence-electron chi connectivity index (χ4n) is 4.38. The van der Waals surface area contributed by atoms with E-state index in [2.05, 4.69) is 48.3 Å². The van der Waals surface area contributed by atoms with Crippen LogP contribution in [0, 0.1) is 6.92 Å². The Morgan fingerprint density at radius 2 is 1.22 bits per heavy atom. The molecule has 0 aliphatic carbocycles. The minimum atomic E-state index is -1.33. The first kappa shape index (κ1) is 20.0. The Bertz CT molecular complexity index is 1340. The number of nitrogens with one attached hydrogen (secondary N) is 1. The van der Waals surface area contributed by atoms with Gasteiger partial charge in [-0.05, 0) is 35.2 Å². The van der Waals surface area contributed by atoms with Gasteiger partial charge in [-0.15, -0.1) is 0 Å². The molecule has 0 saturated carbocycles. The molecule has 2 nitrogen and oxygen atoms in total. The fraction of sp³-hybridized carbons (Fsp3) is 0.0667. The minimum absolute atomic E-state index is 0.765. The Kier molecular flexibility index (Phi) is 5.22. The molecule has 1 heterocycles. The van der Waals surface area contributed by atoms with Crippen LogP contribution in [0.1, 0.15) is 33.5 Å². The lowest BCUT2D eigenvalue weighted by Gasteiger charge is -2.29. The van der Waals surface area contributed by atoms with Crippen LogP contribution in [-0.4, -0.2) is 10.1 Å². The fourth-order valence-corrected chi connectivity index (χ4v) is 4.38. The lowest BCUT2D eigenvalue weighted by Crippen LogP contribution is -2.30. The summed E-state index contributed by atoms with van der Waals surface area (Å²) in [6, 6.07) is 36.3. The van der Waals surface area contributed by atoms with E-state index in [0.29, 0.717) is 0 Å². The Morgan fingerprint density at radius 1 is 0.656 bits per heavy atom. The summed E-state index contributed by atoms with van der Waals surface area (Å²) in [6.45, 7) is 2.11. The third-order valence-electron chi connectivity index (χ3n) is 6.11. The molecule has 5 rings (SSSR count). The van der Waals surface area contributed by atoms with Gasteiger partial charge in [0.2, 0.25) is 0 Å². The molecule has 0 bridgehead atoms. The molecule has 32 heavy (non-hydrogen) atoms. The standard InChI is InChI=1S/C30H25NO/c1-22-12-8-9-13-23(22)20-21-27-26-18-10-11-19-28(26)31-29(27)30(32,24-14-4-2-5-15-24)25-16-6-3-7-17-25/h2-21,31-32H,1H3/b21-20+. The molecule has 0 fully saturated rings. The monoisotopic (exact) mass is 415 g/mol. The summed E-state index contributed by atoms with van der Waals surface area (Å²) in [5.41, 5.74) is 5.44. The van der Waals surface area contributed by atoms with Crippen molar-refractivity contribution in [3.63, 3.8) is 0 Å². The lowest BCUT2D eigenvalue weighted by molar-refractivity contribution is 0.121. The van der Waals surface area contributed by atoms with Gasteiger partial charge in [-0.25, -0.2) is 0 Å². The highest BCUT2D eigenvalue weighted by Gasteiger charge is 2.37. The van der Waals surface area contributed by atoms with Crippen molar-refractivity contribution in [3.05, 3.63) is 143 Å². The van der Waals surface area contributed by atoms with Gasteiger partial charge < -0.3 is 10.1 Å². The second-order valence-corrected chi connectivity index (χ2v) is 8.09. The molecule has 1 aromatic heterocycles. The van der Waals surface area contributed by atoms with Gasteiger partial charge in [-0.3, -0.25) is 0 Å². The quantitative estimate of drug-likeness (QED) is 0.321. The largest absolute Gasteiger partial charge is 0.375 e. The minimum Gasteiger partial charge on any atom is -0.375 e. The van der Waals surface area contributed by atoms with Crippen molar-refractivity contribution in [2.45, 2.75) is 12.5 Å². The summed E-state index contributed by atoms with van der Waals surface area (Å²) < 4.78 is 0. The Labute approximate surface area is 188 Å². The summed E-state index contributed by atoms with van der Waals surface area (Å²) in [5.74, 6) is 0. The summed E-state index contributed by atoms with van der Waals surface area (Å²) in [4.78, 5) is 3.55. The number of rotatable bonds is 5. The van der Waals surface area contributed by atoms with E-state index in [1.165, 1.54) is 5.56 Å². The zero-order valence-electron chi connectivity index (χ0n) is 18.0. The number of aromatic nitrogens is 1. The number of aromatic amines is 1. The van der Waals surface area contributed by atoms with Crippen molar-refractivity contribution in [2.75, 3.05) is 0 Å². The van der Waals surface area contributed by atoms with Gasteiger partial charge in [0.05, 0.1) is 5.69 Å². The van der Waals surface area contributed by atoms with E-state index in [0.717, 1.165) is 38.9 Å². The lowest BCUT2D eigenvalue weighted by atomic mass is 9.81. The molecular weight excluding hydrogens is 390 g/mol. The van der Waals surface area contributed by atoms with Gasteiger partial charge in [0.15, 0.2) is 5.60 Å². The average Bonchev–Trinajstić information content (AvgIpc) is 3.23. The van der Waals surface area contributed by atoms with E-state index >= 15 is 0 Å². The first-order valence-electron chi connectivity index (χ1n) is 10.9. The number of hydrogen-bond donors (Lipinski definition) is 2. The number of hydrogen-bond acceptors (Lipinski definition) is 1. The predicted molar refractivity (Wildman–Crippen MR) is 133 cm³/mol. The van der Waals surface area contributed by atoms with E-state index in [1.54, 1.807) is 0 Å². The molecule has 2 N–H and O–H groups in total. The predicted octanol–water partition coefficient (Wildman–Crippen LogP) is 6.93. The van der Waals surface area contributed by atoms with Crippen LogP contribution in [0.4, 0.5) is 0 Å². The number of benzene rings is 4. The highest BCUT2D eigenvalue weighted by atomic mass is 16.3. The molecule has 2 heteroatoms. The summed E-state index contributed by atoms with van der Waals surface area (Å²) >= 11 is 0. The molecule has 5 aromatic rings. The molecule has 4 aromatic carbocycles. The van der Waals surface area contributed by atoms with Gasteiger partial charge in [0.25, 0.3) is 0 Å². The maximum atomic E-state index is 12.4. The molecule has 0 atom stereocenters. The van der Waals surface area contributed by atoms with Crippen LogP contribution in [0.25, 0.3) is 23.1 Å². The molecule has 0 amide bonds. The summed E-state index contributed by atoms with van der Waals surface area (Å²) in [5, 5.41) is 13.5. The van der Waals surface area contributed by atoms with Crippen LogP contribution in [-0.2, 0) is 5.60 Å². The third kappa shape index (κ3) is 3.45. The van der Waals surface area contributed by atoms with Crippen LogP contribution in [0.15, 0.2) is 109 Å². The number of fused-ring (bicyclic) bond motifs is 1. The Morgan fingerprint density at radius 3 is 1.88 bits per heavy atom. The van der Waals surface area contributed by atoms with E-state index in [1.807, 2.05) is 84.9 Å². The van der Waals surface area contributed by atoms with Gasteiger partial charge in [-0.2, -0.15) is 0 Å². The maximum Gasteiger partial charge on any atom is 0.155 e. The first-order valence-corrected chi connectivity index (χ1v) is 10.9. The van der Waals surface area contributed by atoms with Crippen LogP contribution in [0.2, 0.25) is 0 Å². The second-order valence-electron chi connectivity index (χ2n) is 8.09. The van der Waals surface area contributed by atoms with Gasteiger partial charge in [0, 0.05) is 16.5 Å². The number of aryl methyl sites for hydroxylation is 1. The van der Waals surface area contributed by atoms with Crippen LogP contribution < -0.4 is 0 Å². The zero-order valence-corrected chi connectivity index (χ0v) is 18.0. The van der Waals surface area contributed by atoms with Crippen molar-refractivity contribution in [1.82, 2.24) is 4.98 Å². The Balaban J connectivity index is 1.79. The van der Waals surface area contributed by atoms with Gasteiger partial charge in [-0.1, -0.05) is 115 Å². The van der Waals surface area contributed by atoms with Crippen LogP contribution in [0.5, 0.6) is 0 Å². The first-order chi connectivity index (χ1) is 15.7. The smallest absolute Gasteiger partial charge is 0.155 e. The highest BCUT2D eigenvalue weighted by Crippen LogP contribution is 2.41. The third-order valence-corrected chi connectivity index (χ3v) is 6.11. The average molecular weight is 416 g/mol. The maximum absolute atomic E-state index is 12.4. The van der Waals surface area contributed by atoms with E-state index < -0.39 is 5.60 Å². The van der Waals surface area contributed by atoms with Crippen molar-refractivity contribution in [3.8, 4) is 0 Å². The van der Waals surface area contributed by atoms with E-state index in [9.17, 15) is 5.11 Å². The molecule has 0 unspecified atom stereocenters. The van der Waals surface area contributed by atoms with E-state index in [-0.39, 0.29) is 0 Å². The van der Waals surface area contributed by atoms with Crippen molar-refractivity contribution in [2.24, 2.45) is 0 Å².